The van der Waals surface area contributed by atoms with E-state index in [4.69, 9.17) is 9.40 Å². The summed E-state index contributed by atoms with van der Waals surface area (Å²) in [5.41, 5.74) is 16.0. The van der Waals surface area contributed by atoms with E-state index >= 15 is 0 Å². The first-order valence-electron chi connectivity index (χ1n) is 43.4. The van der Waals surface area contributed by atoms with E-state index in [2.05, 4.69) is 94.4 Å². The van der Waals surface area contributed by atoms with Crippen LogP contribution in [-0.2, 0) is 94.0 Å². The van der Waals surface area contributed by atoms with Gasteiger partial charge in [0.05, 0.1) is 39.4 Å². The van der Waals surface area contributed by atoms with Crippen LogP contribution in [0.5, 0.6) is 0 Å². The Bertz CT molecular complexity index is 5210. The number of aromatic nitrogens is 5. The average Bonchev–Trinajstić information content (AvgIpc) is 1.61. The van der Waals surface area contributed by atoms with Gasteiger partial charge < -0.3 is 19.7 Å². The molecule has 0 saturated heterocycles. The van der Waals surface area contributed by atoms with Crippen LogP contribution in [0.1, 0.15) is 237 Å². The largest absolute Gasteiger partial charge is 0.512 e. The van der Waals surface area contributed by atoms with Gasteiger partial charge in [-0.05, 0) is 173 Å². The van der Waals surface area contributed by atoms with Crippen LogP contribution < -0.4 is 0 Å². The zero-order chi connectivity index (χ0) is 90.3. The third-order valence-corrected chi connectivity index (χ3v) is 22.4. The minimum absolute atomic E-state index is 0. The molecule has 0 amide bonds. The van der Waals surface area contributed by atoms with Gasteiger partial charge >= 0.3 is 12.4 Å². The van der Waals surface area contributed by atoms with Crippen molar-refractivity contribution in [3.63, 3.8) is 0 Å². The third-order valence-electron chi connectivity index (χ3n) is 22.4. The first kappa shape index (κ1) is 111. The van der Waals surface area contributed by atoms with Crippen molar-refractivity contribution in [1.29, 1.82) is 0 Å². The van der Waals surface area contributed by atoms with Crippen LogP contribution in [0.2, 0.25) is 0 Å². The predicted octanol–water partition coefficient (Wildman–Crippen LogP) is 29.3. The smallest absolute Gasteiger partial charge is 0.389 e. The molecule has 0 fully saturated rings. The normalized spacial score (nSPS) is 11.8. The minimum atomic E-state index is -4.19. The van der Waals surface area contributed by atoms with Gasteiger partial charge in [-0.15, -0.1) is 70.3 Å². The molecule has 0 saturated carbocycles. The van der Waals surface area contributed by atoms with Gasteiger partial charge in [-0.3, -0.25) is 33.7 Å². The number of carbonyl (C=O) groups excluding carboxylic acids is 3. The molecule has 12 nitrogen and oxygen atoms in total. The number of pyridine rings is 3. The minimum Gasteiger partial charge on any atom is -0.512 e. The van der Waals surface area contributed by atoms with E-state index in [1.165, 1.54) is 35.5 Å². The summed E-state index contributed by atoms with van der Waals surface area (Å²) in [4.78, 5) is 57.7. The van der Waals surface area contributed by atoms with Crippen molar-refractivity contribution < 1.29 is 125 Å². The maximum Gasteiger partial charge on any atom is 0.389 e. The van der Waals surface area contributed by atoms with Gasteiger partial charge in [-0.2, -0.15) is 26.3 Å². The Balaban J connectivity index is 0.000000393. The molecule has 0 unspecified atom stereocenters. The number of fused-ring (bicyclic) bond motifs is 6. The molecule has 0 spiro atoms. The van der Waals surface area contributed by atoms with Gasteiger partial charge in [0.2, 0.25) is 5.71 Å². The topological polar surface area (TPSA) is 189 Å². The van der Waals surface area contributed by atoms with Gasteiger partial charge in [0.15, 0.2) is 17.3 Å². The number of alkyl halides is 6. The summed E-state index contributed by atoms with van der Waals surface area (Å²) in [7, 11) is 0. The van der Waals surface area contributed by atoms with Crippen LogP contribution >= 0.6 is 0 Å². The second-order valence-corrected chi connectivity index (χ2v) is 31.4. The van der Waals surface area contributed by atoms with Crippen LogP contribution in [0.15, 0.2) is 162 Å². The molecule has 22 heteroatoms. The average molecular weight is 2250 g/mol. The molecule has 5 aromatic heterocycles. The van der Waals surface area contributed by atoms with E-state index in [1.807, 2.05) is 140 Å². The van der Waals surface area contributed by atoms with Crippen molar-refractivity contribution in [1.82, 2.24) is 24.9 Å². The molecule has 0 aliphatic carbocycles. The zero-order valence-corrected chi connectivity index (χ0v) is 83.0. The molecule has 0 bridgehead atoms. The number of benzene rings is 6. The van der Waals surface area contributed by atoms with E-state index in [9.17, 15) is 60.4 Å². The number of rotatable bonds is 30. The number of halogens is 7. The predicted molar refractivity (Wildman–Crippen MR) is 484 cm³/mol. The summed E-state index contributed by atoms with van der Waals surface area (Å²) >= 11 is 0. The summed E-state index contributed by atoms with van der Waals surface area (Å²) < 4.78 is 94.6. The Kier molecular flexibility index (Phi) is 47.8. The van der Waals surface area contributed by atoms with Gasteiger partial charge in [0.1, 0.15) is 6.33 Å². The Morgan fingerprint density at radius 2 is 0.872 bits per heavy atom. The molecule has 0 atom stereocenters. The Hall–Kier alpha value is -8.48. The van der Waals surface area contributed by atoms with E-state index in [-0.39, 0.29) is 149 Å². The Labute approximate surface area is 776 Å². The molecule has 3 N–H and O–H groups in total. The van der Waals surface area contributed by atoms with Crippen molar-refractivity contribution in [2.24, 2.45) is 35.5 Å². The van der Waals surface area contributed by atoms with E-state index < -0.39 is 25.2 Å². The Morgan fingerprint density at radius 3 is 1.33 bits per heavy atom. The summed E-state index contributed by atoms with van der Waals surface area (Å²) in [6, 6.07) is 46.3. The summed E-state index contributed by atoms with van der Waals surface area (Å²) in [6.07, 6.45) is 8.10. The number of allylic oxidation sites excluding steroid dienone is 6. The van der Waals surface area contributed by atoms with E-state index in [0.29, 0.717) is 55.6 Å². The molecule has 6 aromatic carbocycles. The second-order valence-electron chi connectivity index (χ2n) is 31.4. The molecule has 5 heterocycles. The monoisotopic (exact) mass is 2260 g/mol. The standard InChI is InChI=1S/C25H21N2O.C20H17F3N.C19H15F4N2.3C13H24O2.3Ir/c1-4-6-17-7-5-8-22-18(17)11-12-23(27-22)21-14-15(2)13-20-19-10-9-16(3)26-25(19)28-24(20)21;1-13-10-14(2)12-16(11-13)18-7-6-17-15(8-9-20(21,22)23)4-3-5-19(17)24-18;1-11-7-14(8-12(2)17(11)20)18-15-4-3-13(5-6-19(21,22)23)9-16(15)24-10-25-18;3*1-5-10(6-2)12(14)9-13(15)11(7-3)8-4;;;/h5,7-13H,4,6H2,1-3H3;3-7,10-11H,8-9H2,1-2H3;3-4,7,9-10H,5-6H2,1-2H3;3*9-11,14H,5-8H2,1-4H3;;;/q3*-1;;;;;;. The zero-order valence-electron chi connectivity index (χ0n) is 75.8. The molecular weight excluding hydrogens is 2130 g/mol. The molecule has 11 rings (SSSR count). The number of aliphatic hydroxyl groups is 3. The molecule has 0 aliphatic heterocycles. The SMILES string of the molecule is CCC(CC)C(=O)C=C(O)C(CC)CC.CCC(CC)C(=O)C=C(O)C(CC)CC.CCC(CC)C(=O)C=C(O)C(CC)CC.CCCc1cccc2nc(-c3[c-]c(C)cc4c3oc3nc(C)ccc34)ccc12.Cc1[c-]c(-c2ccc3c(CCC(F)(F)F)cccc3n2)cc(C)c1.Cc1[c-]c(-c2ncnc3cc(CCC(F)(F)F)ccc23)cc(C)c1F.[Ir].[Ir].[Ir]. The number of aryl methyl sites for hydroxylation is 9. The van der Waals surface area contributed by atoms with Crippen LogP contribution in [0.25, 0.3) is 88.5 Å². The number of ketones is 3. The van der Waals surface area contributed by atoms with Crippen LogP contribution in [0.3, 0.4) is 0 Å². The first-order chi connectivity index (χ1) is 58.0. The number of carbonyl (C=O) groups is 3. The molecular formula is C103H125F7Ir3N5O7-3. The van der Waals surface area contributed by atoms with E-state index in [0.717, 1.165) is 162 Å². The van der Waals surface area contributed by atoms with Crippen molar-refractivity contribution >= 4 is 72.1 Å². The molecule has 11 aromatic rings. The summed E-state index contributed by atoms with van der Waals surface area (Å²) in [6.45, 7) is 37.7. The van der Waals surface area contributed by atoms with Gasteiger partial charge in [-0.25, -0.2) is 9.97 Å². The molecule has 3 radical (unpaired) electrons. The van der Waals surface area contributed by atoms with Crippen LogP contribution in [0.4, 0.5) is 30.7 Å². The van der Waals surface area contributed by atoms with Crippen LogP contribution in [-0.4, -0.2) is 69.9 Å². The van der Waals surface area contributed by atoms with Gasteiger partial charge in [0.25, 0.3) is 0 Å². The molecule has 683 valence electrons. The second kappa shape index (κ2) is 54.0. The number of hydrogen-bond acceptors (Lipinski definition) is 12. The fourth-order valence-corrected chi connectivity index (χ4v) is 14.9. The number of hydrogen-bond donors (Lipinski definition) is 3. The maximum atomic E-state index is 13.8. The third kappa shape index (κ3) is 33.0. The van der Waals surface area contributed by atoms with Crippen LogP contribution in [0, 0.1) is 101 Å². The fourth-order valence-electron chi connectivity index (χ4n) is 14.9. The fraction of sp³-hybridized carbons (Fsp3) is 0.437. The molecule has 125 heavy (non-hydrogen) atoms. The summed E-state index contributed by atoms with van der Waals surface area (Å²) in [5.74, 6) is 1.33. The number of nitrogens with zero attached hydrogens (tertiary/aromatic N) is 5. The van der Waals surface area contributed by atoms with Crippen molar-refractivity contribution in [3.05, 3.63) is 231 Å². The maximum absolute atomic E-state index is 13.8. The first-order valence-corrected chi connectivity index (χ1v) is 43.4. The van der Waals surface area contributed by atoms with Gasteiger partial charge in [-0.1, -0.05) is 214 Å². The van der Waals surface area contributed by atoms with Crippen molar-refractivity contribution in [2.75, 3.05) is 0 Å². The summed E-state index contributed by atoms with van der Waals surface area (Å²) in [5, 5.41) is 34.1. The Morgan fingerprint density at radius 1 is 0.432 bits per heavy atom. The molecule has 0 aliphatic rings. The van der Waals surface area contributed by atoms with Crippen molar-refractivity contribution in [3.8, 4) is 33.8 Å². The van der Waals surface area contributed by atoms with Gasteiger partial charge in [0, 0.05) is 155 Å². The number of furan rings is 1. The quantitative estimate of drug-likeness (QED) is 0.0167. The van der Waals surface area contributed by atoms with E-state index in [1.54, 1.807) is 50.2 Å². The number of aliphatic hydroxyl groups excluding tert-OH is 3. The van der Waals surface area contributed by atoms with Crippen molar-refractivity contribution in [2.45, 2.75) is 259 Å².